The van der Waals surface area contributed by atoms with E-state index in [4.69, 9.17) is 4.74 Å². The number of thioether (sulfide) groups is 1. The Hall–Kier alpha value is -2.34. The number of carbonyl (C=O) groups is 2. The van der Waals surface area contributed by atoms with Gasteiger partial charge in [0.05, 0.1) is 23.9 Å². The second-order valence-corrected chi connectivity index (χ2v) is 6.75. The second-order valence-electron chi connectivity index (χ2n) is 5.69. The molecule has 2 heterocycles. The van der Waals surface area contributed by atoms with Crippen molar-refractivity contribution in [1.29, 1.82) is 0 Å². The van der Waals surface area contributed by atoms with Crippen LogP contribution < -0.4 is 0 Å². The molecule has 130 valence electrons. The van der Waals surface area contributed by atoms with Gasteiger partial charge in [-0.3, -0.25) is 9.69 Å². The zero-order valence-corrected chi connectivity index (χ0v) is 15.1. The monoisotopic (exact) mass is 356 g/mol. The first-order valence-corrected chi connectivity index (χ1v) is 9.25. The van der Waals surface area contributed by atoms with Crippen molar-refractivity contribution in [3.05, 3.63) is 53.2 Å². The number of hydrogen-bond acceptors (Lipinski definition) is 5. The van der Waals surface area contributed by atoms with E-state index in [0.717, 1.165) is 5.56 Å². The Morgan fingerprint density at radius 1 is 1.40 bits per heavy atom. The highest BCUT2D eigenvalue weighted by molar-refractivity contribution is 8.14. The average Bonchev–Trinajstić information content (AvgIpc) is 2.60. The first kappa shape index (κ1) is 17.5. The van der Waals surface area contributed by atoms with Gasteiger partial charge in [-0.15, -0.1) is 0 Å². The third-order valence-electron chi connectivity index (χ3n) is 4.01. The van der Waals surface area contributed by atoms with E-state index in [9.17, 15) is 9.59 Å². The van der Waals surface area contributed by atoms with Crippen molar-refractivity contribution in [1.82, 2.24) is 4.90 Å². The fourth-order valence-electron chi connectivity index (χ4n) is 2.86. The summed E-state index contributed by atoms with van der Waals surface area (Å²) in [6, 6.07) is 9.29. The summed E-state index contributed by atoms with van der Waals surface area (Å²) in [6.45, 7) is 3.84. The number of nitrogens with zero attached hydrogens (tertiary/aromatic N) is 2. The standard InChI is InChI=1S/C19H20N2O3S/c1-3-24-18(23)17-13(2)20-19-21(16(22)11-12-25-19)15(17)10-9-14-7-5-4-6-8-14/h4-10,15H,3,11-12H2,1-2H3/t15-/m1/s1. The normalized spacial score (nSPS) is 20.6. The van der Waals surface area contributed by atoms with Gasteiger partial charge < -0.3 is 4.74 Å². The van der Waals surface area contributed by atoms with Gasteiger partial charge in [-0.25, -0.2) is 9.79 Å². The molecule has 1 aromatic rings. The van der Waals surface area contributed by atoms with Crippen molar-refractivity contribution < 1.29 is 14.3 Å². The number of hydrogen-bond donors (Lipinski definition) is 0. The molecule has 2 aliphatic rings. The molecule has 1 fully saturated rings. The van der Waals surface area contributed by atoms with Crippen molar-refractivity contribution in [3.63, 3.8) is 0 Å². The molecule has 1 aromatic carbocycles. The Labute approximate surface area is 151 Å². The molecule has 0 N–H and O–H groups in total. The number of ether oxygens (including phenoxy) is 1. The summed E-state index contributed by atoms with van der Waals surface area (Å²) in [5.41, 5.74) is 2.03. The van der Waals surface area contributed by atoms with Crippen molar-refractivity contribution in [3.8, 4) is 0 Å². The quantitative estimate of drug-likeness (QED) is 0.777. The van der Waals surface area contributed by atoms with Gasteiger partial charge in [-0.2, -0.15) is 0 Å². The number of aliphatic imine (C=N–C) groups is 1. The van der Waals surface area contributed by atoms with Crippen LogP contribution in [-0.4, -0.2) is 40.3 Å². The van der Waals surface area contributed by atoms with Crippen LogP contribution in [0.5, 0.6) is 0 Å². The zero-order valence-electron chi connectivity index (χ0n) is 14.3. The van der Waals surface area contributed by atoms with Crippen LogP contribution in [0.4, 0.5) is 0 Å². The number of fused-ring (bicyclic) bond motifs is 1. The highest BCUT2D eigenvalue weighted by atomic mass is 32.2. The average molecular weight is 356 g/mol. The van der Waals surface area contributed by atoms with Crippen LogP contribution in [0, 0.1) is 0 Å². The molecule has 0 unspecified atom stereocenters. The lowest BCUT2D eigenvalue weighted by Crippen LogP contribution is -2.49. The van der Waals surface area contributed by atoms with Gasteiger partial charge in [0.1, 0.15) is 0 Å². The Balaban J connectivity index is 2.02. The highest BCUT2D eigenvalue weighted by Crippen LogP contribution is 2.32. The van der Waals surface area contributed by atoms with Gasteiger partial charge in [-0.05, 0) is 19.4 Å². The fourth-order valence-corrected chi connectivity index (χ4v) is 3.87. The molecule has 1 saturated heterocycles. The molecule has 5 nitrogen and oxygen atoms in total. The van der Waals surface area contributed by atoms with Crippen LogP contribution in [0.1, 0.15) is 25.8 Å². The van der Waals surface area contributed by atoms with Gasteiger partial charge in [0, 0.05) is 12.2 Å². The minimum atomic E-state index is -0.493. The largest absolute Gasteiger partial charge is 0.463 e. The van der Waals surface area contributed by atoms with E-state index < -0.39 is 12.0 Å². The van der Waals surface area contributed by atoms with Crippen LogP contribution in [0.2, 0.25) is 0 Å². The van der Waals surface area contributed by atoms with E-state index in [1.54, 1.807) is 30.5 Å². The van der Waals surface area contributed by atoms with Crippen molar-refractivity contribution in [2.75, 3.05) is 12.4 Å². The minimum absolute atomic E-state index is 0.0190. The minimum Gasteiger partial charge on any atom is -0.463 e. The van der Waals surface area contributed by atoms with E-state index in [1.165, 1.54) is 0 Å². The van der Waals surface area contributed by atoms with E-state index >= 15 is 0 Å². The predicted octanol–water partition coefficient (Wildman–Crippen LogP) is 3.24. The number of benzene rings is 1. The van der Waals surface area contributed by atoms with Crippen LogP contribution >= 0.6 is 11.8 Å². The molecule has 1 amide bonds. The molecule has 1 atom stereocenters. The summed E-state index contributed by atoms with van der Waals surface area (Å²) < 4.78 is 5.20. The fraction of sp³-hybridized carbons (Fsp3) is 0.316. The molecule has 3 rings (SSSR count). The molecular weight excluding hydrogens is 336 g/mol. The third kappa shape index (κ3) is 3.69. The Bertz CT molecular complexity index is 768. The predicted molar refractivity (Wildman–Crippen MR) is 100.0 cm³/mol. The maximum absolute atomic E-state index is 12.5. The van der Waals surface area contributed by atoms with Gasteiger partial charge in [0.15, 0.2) is 5.17 Å². The summed E-state index contributed by atoms with van der Waals surface area (Å²) in [7, 11) is 0. The van der Waals surface area contributed by atoms with E-state index in [-0.39, 0.29) is 12.5 Å². The summed E-state index contributed by atoms with van der Waals surface area (Å²) in [5, 5.41) is 0.657. The van der Waals surface area contributed by atoms with Crippen molar-refractivity contribution >= 4 is 34.9 Å². The molecule has 25 heavy (non-hydrogen) atoms. The molecule has 0 bridgehead atoms. The lowest BCUT2D eigenvalue weighted by molar-refractivity contribution is -0.139. The SMILES string of the molecule is CCOC(=O)C1=C(C)N=C2SCCC(=O)N2[C@@H]1C=Cc1ccccc1. The molecule has 2 aliphatic heterocycles. The first-order chi connectivity index (χ1) is 12.1. The van der Waals surface area contributed by atoms with Crippen molar-refractivity contribution in [2.24, 2.45) is 4.99 Å². The number of allylic oxidation sites excluding steroid dienone is 1. The summed E-state index contributed by atoms with van der Waals surface area (Å²) in [4.78, 5) is 31.1. The second kappa shape index (κ2) is 7.70. The van der Waals surface area contributed by atoms with Gasteiger partial charge >= 0.3 is 5.97 Å². The van der Waals surface area contributed by atoms with Gasteiger partial charge in [0.2, 0.25) is 5.91 Å². The molecule has 0 aromatic heterocycles. The maximum Gasteiger partial charge on any atom is 0.338 e. The molecule has 0 aliphatic carbocycles. The van der Waals surface area contributed by atoms with Crippen LogP contribution in [0.3, 0.4) is 0 Å². The number of amidine groups is 1. The van der Waals surface area contributed by atoms with E-state index in [0.29, 0.717) is 28.6 Å². The lowest BCUT2D eigenvalue weighted by atomic mass is 10.00. The topological polar surface area (TPSA) is 59.0 Å². The summed E-state index contributed by atoms with van der Waals surface area (Å²) >= 11 is 1.54. The van der Waals surface area contributed by atoms with E-state index in [2.05, 4.69) is 4.99 Å². The molecule has 0 saturated carbocycles. The molecule has 0 radical (unpaired) electrons. The molecule has 0 spiro atoms. The summed E-state index contributed by atoms with van der Waals surface area (Å²) in [5.74, 6) is 0.272. The zero-order chi connectivity index (χ0) is 17.8. The number of amides is 1. The van der Waals surface area contributed by atoms with Crippen LogP contribution in [0.15, 0.2) is 52.7 Å². The maximum atomic E-state index is 12.5. The number of rotatable bonds is 4. The Kier molecular flexibility index (Phi) is 5.38. The lowest BCUT2D eigenvalue weighted by Gasteiger charge is -2.37. The smallest absolute Gasteiger partial charge is 0.338 e. The van der Waals surface area contributed by atoms with Gasteiger partial charge in [-0.1, -0.05) is 54.2 Å². The third-order valence-corrected chi connectivity index (χ3v) is 4.97. The Morgan fingerprint density at radius 2 is 2.16 bits per heavy atom. The molecular formula is C19H20N2O3S. The first-order valence-electron chi connectivity index (χ1n) is 8.26. The summed E-state index contributed by atoms with van der Waals surface area (Å²) in [6.07, 6.45) is 4.24. The number of esters is 1. The molecule has 6 heteroatoms. The van der Waals surface area contributed by atoms with Crippen LogP contribution in [-0.2, 0) is 14.3 Å². The van der Waals surface area contributed by atoms with Crippen molar-refractivity contribution in [2.45, 2.75) is 26.3 Å². The van der Waals surface area contributed by atoms with E-state index in [1.807, 2.05) is 42.5 Å². The highest BCUT2D eigenvalue weighted by Gasteiger charge is 2.39. The van der Waals surface area contributed by atoms with Crippen LogP contribution in [0.25, 0.3) is 6.08 Å². The van der Waals surface area contributed by atoms with Gasteiger partial charge in [0.25, 0.3) is 0 Å². The Morgan fingerprint density at radius 3 is 2.88 bits per heavy atom. The number of carbonyl (C=O) groups excluding carboxylic acids is 2.